The molecule has 2 N–H and O–H groups in total. The summed E-state index contributed by atoms with van der Waals surface area (Å²) in [6, 6.07) is 4.10. The fourth-order valence-electron chi connectivity index (χ4n) is 1.80. The third-order valence-corrected chi connectivity index (χ3v) is 2.83. The van der Waals surface area contributed by atoms with E-state index in [9.17, 15) is 9.50 Å². The molecule has 1 atom stereocenters. The molecule has 0 aliphatic carbocycles. The fraction of sp³-hybridized carbons (Fsp3) is 0.600. The van der Waals surface area contributed by atoms with Crippen molar-refractivity contribution in [2.45, 2.75) is 33.2 Å². The minimum absolute atomic E-state index is 0.00365. The minimum Gasteiger partial charge on any atom is -0.508 e. The van der Waals surface area contributed by atoms with Gasteiger partial charge in [0.15, 0.2) is 0 Å². The number of halogens is 1. The summed E-state index contributed by atoms with van der Waals surface area (Å²) in [5, 5.41) is 12.9. The second kappa shape index (κ2) is 8.12. The molecule has 0 heterocycles. The van der Waals surface area contributed by atoms with Gasteiger partial charge in [-0.1, -0.05) is 19.9 Å². The van der Waals surface area contributed by atoms with Crippen molar-refractivity contribution in [2.75, 3.05) is 19.8 Å². The molecule has 0 saturated heterocycles. The van der Waals surface area contributed by atoms with E-state index in [1.165, 1.54) is 6.07 Å². The fourth-order valence-corrected chi connectivity index (χ4v) is 1.80. The van der Waals surface area contributed by atoms with Crippen LogP contribution < -0.4 is 5.32 Å². The molecule has 0 bridgehead atoms. The maximum Gasteiger partial charge on any atom is 0.126 e. The topological polar surface area (TPSA) is 41.5 Å². The normalized spacial score (nSPS) is 12.9. The number of nitrogens with one attached hydrogen (secondary N) is 1. The Labute approximate surface area is 114 Å². The molecule has 0 aromatic heterocycles. The quantitative estimate of drug-likeness (QED) is 0.712. The van der Waals surface area contributed by atoms with Gasteiger partial charge >= 0.3 is 0 Å². The van der Waals surface area contributed by atoms with Gasteiger partial charge in [-0.15, -0.1) is 0 Å². The summed E-state index contributed by atoms with van der Waals surface area (Å²) in [7, 11) is 0. The highest BCUT2D eigenvalue weighted by molar-refractivity contribution is 5.34. The van der Waals surface area contributed by atoms with Gasteiger partial charge in [-0.05, 0) is 31.9 Å². The van der Waals surface area contributed by atoms with Gasteiger partial charge < -0.3 is 15.2 Å². The van der Waals surface area contributed by atoms with Crippen molar-refractivity contribution >= 4 is 0 Å². The zero-order chi connectivity index (χ0) is 14.3. The molecule has 4 heteroatoms. The van der Waals surface area contributed by atoms with Crippen molar-refractivity contribution in [3.63, 3.8) is 0 Å². The molecule has 0 amide bonds. The molecule has 0 spiro atoms. The zero-order valence-electron chi connectivity index (χ0n) is 11.9. The summed E-state index contributed by atoms with van der Waals surface area (Å²) in [6.45, 7) is 8.51. The van der Waals surface area contributed by atoms with E-state index in [2.05, 4.69) is 19.2 Å². The van der Waals surface area contributed by atoms with Gasteiger partial charge in [0.2, 0.25) is 0 Å². The maximum atomic E-state index is 12.9. The number of phenols is 1. The highest BCUT2D eigenvalue weighted by Crippen LogP contribution is 2.24. The van der Waals surface area contributed by atoms with Crippen LogP contribution in [0.5, 0.6) is 5.75 Å². The number of phenolic OH excluding ortho intramolecular Hbond substituents is 1. The SMILES string of the molecule is CC(C)COCCCNC(C)c1ccc(F)cc1O. The second-order valence-electron chi connectivity index (χ2n) is 5.20. The third kappa shape index (κ3) is 6.03. The molecule has 1 unspecified atom stereocenters. The van der Waals surface area contributed by atoms with Crippen molar-refractivity contribution in [1.82, 2.24) is 5.32 Å². The standard InChI is InChI=1S/C15H24FNO2/c1-11(2)10-19-8-4-7-17-12(3)14-6-5-13(16)9-15(14)18/h5-6,9,11-12,17-18H,4,7-8,10H2,1-3H3. The van der Waals surface area contributed by atoms with Crippen molar-refractivity contribution in [1.29, 1.82) is 0 Å². The summed E-state index contributed by atoms with van der Waals surface area (Å²) < 4.78 is 18.4. The third-order valence-electron chi connectivity index (χ3n) is 2.83. The average molecular weight is 269 g/mol. The van der Waals surface area contributed by atoms with Gasteiger partial charge in [0.25, 0.3) is 0 Å². The first-order chi connectivity index (χ1) is 9.00. The Morgan fingerprint density at radius 2 is 2.05 bits per heavy atom. The number of ether oxygens (including phenoxy) is 1. The number of rotatable bonds is 8. The second-order valence-corrected chi connectivity index (χ2v) is 5.20. The molecule has 3 nitrogen and oxygen atoms in total. The summed E-state index contributed by atoms with van der Waals surface area (Å²) in [4.78, 5) is 0. The van der Waals surface area contributed by atoms with Crippen molar-refractivity contribution in [3.05, 3.63) is 29.6 Å². The Morgan fingerprint density at radius 3 is 2.68 bits per heavy atom. The molecule has 1 aromatic rings. The van der Waals surface area contributed by atoms with Crippen LogP contribution in [-0.2, 0) is 4.74 Å². The van der Waals surface area contributed by atoms with Gasteiger partial charge in [-0.25, -0.2) is 4.39 Å². The first kappa shape index (κ1) is 15.9. The molecular weight excluding hydrogens is 245 g/mol. The molecule has 0 radical (unpaired) electrons. The predicted octanol–water partition coefficient (Wildman–Crippen LogP) is 3.24. The lowest BCUT2D eigenvalue weighted by Crippen LogP contribution is -2.21. The smallest absolute Gasteiger partial charge is 0.126 e. The lowest BCUT2D eigenvalue weighted by molar-refractivity contribution is 0.107. The van der Waals surface area contributed by atoms with Crippen LogP contribution in [0.4, 0.5) is 4.39 Å². The summed E-state index contributed by atoms with van der Waals surface area (Å²) in [5.41, 5.74) is 0.712. The Bertz CT molecular complexity index is 382. The van der Waals surface area contributed by atoms with Crippen molar-refractivity contribution in [3.8, 4) is 5.75 Å². The first-order valence-electron chi connectivity index (χ1n) is 6.80. The Morgan fingerprint density at radius 1 is 1.32 bits per heavy atom. The van der Waals surface area contributed by atoms with Crippen molar-refractivity contribution in [2.24, 2.45) is 5.92 Å². The average Bonchev–Trinajstić information content (AvgIpc) is 2.32. The summed E-state index contributed by atoms with van der Waals surface area (Å²) in [6.07, 6.45) is 0.916. The summed E-state index contributed by atoms with van der Waals surface area (Å²) in [5.74, 6) is 0.134. The number of benzene rings is 1. The van der Waals surface area contributed by atoms with Crippen LogP contribution in [0.1, 0.15) is 38.8 Å². The van der Waals surface area contributed by atoms with Crippen molar-refractivity contribution < 1.29 is 14.2 Å². The Balaban J connectivity index is 2.25. The monoisotopic (exact) mass is 269 g/mol. The largest absolute Gasteiger partial charge is 0.508 e. The van der Waals surface area contributed by atoms with Gasteiger partial charge in [-0.2, -0.15) is 0 Å². The van der Waals surface area contributed by atoms with Gasteiger partial charge in [-0.3, -0.25) is 0 Å². The molecule has 1 aromatic carbocycles. The van der Waals surface area contributed by atoms with E-state index in [1.54, 1.807) is 6.07 Å². The highest BCUT2D eigenvalue weighted by Gasteiger charge is 2.10. The van der Waals surface area contributed by atoms with E-state index in [-0.39, 0.29) is 11.8 Å². The van der Waals surface area contributed by atoms with Crippen LogP contribution in [-0.4, -0.2) is 24.9 Å². The predicted molar refractivity (Wildman–Crippen MR) is 74.8 cm³/mol. The van der Waals surface area contributed by atoms with Crippen LogP contribution in [0.15, 0.2) is 18.2 Å². The lowest BCUT2D eigenvalue weighted by atomic mass is 10.1. The molecule has 0 aliphatic rings. The van der Waals surface area contributed by atoms with E-state index in [0.29, 0.717) is 11.5 Å². The molecule has 0 aliphatic heterocycles. The molecule has 108 valence electrons. The minimum atomic E-state index is -0.421. The summed E-state index contributed by atoms with van der Waals surface area (Å²) >= 11 is 0. The first-order valence-corrected chi connectivity index (χ1v) is 6.80. The number of hydrogen-bond donors (Lipinski definition) is 2. The van der Waals surface area contributed by atoms with Crippen LogP contribution in [0.25, 0.3) is 0 Å². The molecule has 0 fully saturated rings. The Kier molecular flexibility index (Phi) is 6.81. The highest BCUT2D eigenvalue weighted by atomic mass is 19.1. The van der Waals surface area contributed by atoms with Crippen LogP contribution in [0, 0.1) is 11.7 Å². The number of aromatic hydroxyl groups is 1. The lowest BCUT2D eigenvalue weighted by Gasteiger charge is -2.15. The van der Waals surface area contributed by atoms with Crippen LogP contribution >= 0.6 is 0 Å². The molecular formula is C15H24FNO2. The maximum absolute atomic E-state index is 12.9. The molecule has 19 heavy (non-hydrogen) atoms. The zero-order valence-corrected chi connectivity index (χ0v) is 11.9. The van der Waals surface area contributed by atoms with E-state index in [1.807, 2.05) is 6.92 Å². The number of hydrogen-bond acceptors (Lipinski definition) is 3. The van der Waals surface area contributed by atoms with E-state index in [4.69, 9.17) is 4.74 Å². The van der Waals surface area contributed by atoms with E-state index in [0.717, 1.165) is 32.2 Å². The van der Waals surface area contributed by atoms with E-state index >= 15 is 0 Å². The Hall–Kier alpha value is -1.13. The van der Waals surface area contributed by atoms with Gasteiger partial charge in [0, 0.05) is 30.9 Å². The van der Waals surface area contributed by atoms with E-state index < -0.39 is 5.82 Å². The van der Waals surface area contributed by atoms with Gasteiger partial charge in [0.1, 0.15) is 11.6 Å². The van der Waals surface area contributed by atoms with Crippen LogP contribution in [0.2, 0.25) is 0 Å². The molecule has 0 saturated carbocycles. The molecule has 1 rings (SSSR count). The van der Waals surface area contributed by atoms with Gasteiger partial charge in [0.05, 0.1) is 0 Å². The van der Waals surface area contributed by atoms with Crippen LogP contribution in [0.3, 0.4) is 0 Å².